The number of alkyl carbamates (subject to hydrolysis) is 1. The number of nitrogens with one attached hydrogen (secondary N) is 2. The molecular weight excluding hydrogens is 356 g/mol. The van der Waals surface area contributed by atoms with Gasteiger partial charge in [0.2, 0.25) is 0 Å². The number of benzene rings is 1. The summed E-state index contributed by atoms with van der Waals surface area (Å²) in [7, 11) is 0. The first-order valence-electron chi connectivity index (χ1n) is 8.24. The predicted octanol–water partition coefficient (Wildman–Crippen LogP) is 4.86. The molecule has 2 N–H and O–H groups in total. The van der Waals surface area contributed by atoms with E-state index in [0.29, 0.717) is 18.5 Å². The topological polar surface area (TPSA) is 50.4 Å². The van der Waals surface area contributed by atoms with Gasteiger partial charge in [-0.15, -0.1) is 0 Å². The molecule has 0 radical (unpaired) electrons. The standard InChI is InChI=1S/C18H27BrN2O2/c1-12-10-14(8-9-15(12)19)21-16-7-5-6-13(16)11-20-17(22)23-18(2,3)4/h8-10,13,16,21H,5-7,11H2,1-4H3,(H,20,22). The van der Waals surface area contributed by atoms with Crippen molar-refractivity contribution in [2.24, 2.45) is 5.92 Å². The molecule has 1 aromatic carbocycles. The van der Waals surface area contributed by atoms with Crippen LogP contribution in [0.5, 0.6) is 0 Å². The molecule has 2 atom stereocenters. The second-order valence-corrected chi connectivity index (χ2v) is 8.14. The number of aryl methyl sites for hydroxylation is 1. The van der Waals surface area contributed by atoms with Crippen molar-refractivity contribution < 1.29 is 9.53 Å². The normalized spacial score (nSPS) is 21.1. The number of hydrogen-bond donors (Lipinski definition) is 2. The van der Waals surface area contributed by atoms with E-state index in [0.717, 1.165) is 23.0 Å². The van der Waals surface area contributed by atoms with Crippen LogP contribution in [0.3, 0.4) is 0 Å². The fraction of sp³-hybridized carbons (Fsp3) is 0.611. The molecule has 5 heteroatoms. The molecule has 1 fully saturated rings. The summed E-state index contributed by atoms with van der Waals surface area (Å²) in [6.07, 6.45) is 3.12. The van der Waals surface area contributed by atoms with E-state index in [1.807, 2.05) is 20.8 Å². The average Bonchev–Trinajstić information content (AvgIpc) is 2.86. The molecule has 1 aromatic rings. The molecule has 4 nitrogen and oxygen atoms in total. The number of halogens is 1. The van der Waals surface area contributed by atoms with Crippen molar-refractivity contribution >= 4 is 27.7 Å². The third kappa shape index (κ3) is 5.72. The largest absolute Gasteiger partial charge is 0.444 e. The van der Waals surface area contributed by atoms with Crippen LogP contribution < -0.4 is 10.6 Å². The maximum absolute atomic E-state index is 11.8. The Morgan fingerprint density at radius 1 is 1.35 bits per heavy atom. The van der Waals surface area contributed by atoms with Gasteiger partial charge in [-0.1, -0.05) is 22.4 Å². The summed E-state index contributed by atoms with van der Waals surface area (Å²) >= 11 is 3.53. The van der Waals surface area contributed by atoms with Crippen LogP contribution in [0, 0.1) is 12.8 Å². The van der Waals surface area contributed by atoms with E-state index in [4.69, 9.17) is 4.74 Å². The monoisotopic (exact) mass is 382 g/mol. The van der Waals surface area contributed by atoms with E-state index >= 15 is 0 Å². The van der Waals surface area contributed by atoms with Crippen LogP contribution in [0.15, 0.2) is 22.7 Å². The summed E-state index contributed by atoms with van der Waals surface area (Å²) in [6.45, 7) is 8.38. The van der Waals surface area contributed by atoms with Gasteiger partial charge in [-0.2, -0.15) is 0 Å². The molecule has 2 rings (SSSR count). The SMILES string of the molecule is Cc1cc(NC2CCCC2CNC(=O)OC(C)(C)C)ccc1Br. The number of anilines is 1. The fourth-order valence-corrected chi connectivity index (χ4v) is 3.19. The number of carbonyl (C=O) groups is 1. The van der Waals surface area contributed by atoms with Crippen LogP contribution in [0.25, 0.3) is 0 Å². The van der Waals surface area contributed by atoms with Gasteiger partial charge in [0.1, 0.15) is 5.60 Å². The maximum Gasteiger partial charge on any atom is 0.407 e. The van der Waals surface area contributed by atoms with Crippen LogP contribution in [0.2, 0.25) is 0 Å². The van der Waals surface area contributed by atoms with Gasteiger partial charge in [0.15, 0.2) is 0 Å². The van der Waals surface area contributed by atoms with Crippen molar-refractivity contribution in [2.75, 3.05) is 11.9 Å². The number of amides is 1. The first-order valence-corrected chi connectivity index (χ1v) is 9.03. The summed E-state index contributed by atoms with van der Waals surface area (Å²) in [4.78, 5) is 11.8. The van der Waals surface area contributed by atoms with E-state index in [2.05, 4.69) is 51.7 Å². The molecule has 0 aliphatic heterocycles. The van der Waals surface area contributed by atoms with E-state index < -0.39 is 5.60 Å². The van der Waals surface area contributed by atoms with Gasteiger partial charge >= 0.3 is 6.09 Å². The Morgan fingerprint density at radius 3 is 2.74 bits per heavy atom. The summed E-state index contributed by atoms with van der Waals surface area (Å²) in [5.41, 5.74) is 1.91. The third-order valence-corrected chi connectivity index (χ3v) is 4.97. The third-order valence-electron chi connectivity index (χ3n) is 4.08. The van der Waals surface area contributed by atoms with Gasteiger partial charge in [-0.25, -0.2) is 4.79 Å². The Labute approximate surface area is 147 Å². The van der Waals surface area contributed by atoms with E-state index in [-0.39, 0.29) is 6.09 Å². The van der Waals surface area contributed by atoms with Gasteiger partial charge < -0.3 is 15.4 Å². The molecule has 0 bridgehead atoms. The highest BCUT2D eigenvalue weighted by Gasteiger charge is 2.28. The molecule has 0 aromatic heterocycles. The van der Waals surface area contributed by atoms with Gasteiger partial charge in [0.05, 0.1) is 0 Å². The molecular formula is C18H27BrN2O2. The second kappa shape index (κ2) is 7.56. The van der Waals surface area contributed by atoms with Crippen molar-refractivity contribution in [3.05, 3.63) is 28.2 Å². The number of ether oxygens (including phenoxy) is 1. The molecule has 0 spiro atoms. The van der Waals surface area contributed by atoms with Crippen LogP contribution in [0.4, 0.5) is 10.5 Å². The van der Waals surface area contributed by atoms with Crippen molar-refractivity contribution in [3.63, 3.8) is 0 Å². The Kier molecular flexibility index (Phi) is 5.95. The van der Waals surface area contributed by atoms with Gasteiger partial charge in [0, 0.05) is 22.7 Å². The zero-order chi connectivity index (χ0) is 17.0. The fourth-order valence-electron chi connectivity index (χ4n) is 2.95. The van der Waals surface area contributed by atoms with E-state index in [1.165, 1.54) is 12.0 Å². The number of rotatable bonds is 4. The van der Waals surface area contributed by atoms with Crippen LogP contribution in [0.1, 0.15) is 45.6 Å². The highest BCUT2D eigenvalue weighted by Crippen LogP contribution is 2.29. The molecule has 0 saturated heterocycles. The average molecular weight is 383 g/mol. The van der Waals surface area contributed by atoms with Crippen LogP contribution in [-0.4, -0.2) is 24.3 Å². The first kappa shape index (κ1) is 18.1. The number of hydrogen-bond acceptors (Lipinski definition) is 3. The highest BCUT2D eigenvalue weighted by molar-refractivity contribution is 9.10. The Bertz CT molecular complexity index is 554. The molecule has 1 aliphatic carbocycles. The predicted molar refractivity (Wildman–Crippen MR) is 97.9 cm³/mol. The Balaban J connectivity index is 1.87. The molecule has 2 unspecified atom stereocenters. The lowest BCUT2D eigenvalue weighted by Gasteiger charge is -2.24. The molecule has 23 heavy (non-hydrogen) atoms. The lowest BCUT2D eigenvalue weighted by molar-refractivity contribution is 0.0519. The first-order chi connectivity index (χ1) is 10.7. The smallest absolute Gasteiger partial charge is 0.407 e. The second-order valence-electron chi connectivity index (χ2n) is 7.29. The number of carbonyl (C=O) groups excluding carboxylic acids is 1. The quantitative estimate of drug-likeness (QED) is 0.781. The van der Waals surface area contributed by atoms with Crippen LogP contribution >= 0.6 is 15.9 Å². The molecule has 128 valence electrons. The maximum atomic E-state index is 11.8. The molecule has 0 heterocycles. The van der Waals surface area contributed by atoms with Crippen molar-refractivity contribution in [1.82, 2.24) is 5.32 Å². The van der Waals surface area contributed by atoms with Gasteiger partial charge in [0.25, 0.3) is 0 Å². The Hall–Kier alpha value is -1.23. The Morgan fingerprint density at radius 2 is 2.09 bits per heavy atom. The lowest BCUT2D eigenvalue weighted by Crippen LogP contribution is -2.38. The van der Waals surface area contributed by atoms with Crippen molar-refractivity contribution in [1.29, 1.82) is 0 Å². The molecule has 1 amide bonds. The summed E-state index contributed by atoms with van der Waals surface area (Å²) in [5, 5.41) is 6.53. The highest BCUT2D eigenvalue weighted by atomic mass is 79.9. The van der Waals surface area contributed by atoms with Crippen LogP contribution in [-0.2, 0) is 4.74 Å². The van der Waals surface area contributed by atoms with E-state index in [1.54, 1.807) is 0 Å². The molecule has 1 saturated carbocycles. The molecule has 1 aliphatic rings. The zero-order valence-corrected chi connectivity index (χ0v) is 16.0. The minimum Gasteiger partial charge on any atom is -0.444 e. The van der Waals surface area contributed by atoms with Gasteiger partial charge in [-0.3, -0.25) is 0 Å². The zero-order valence-electron chi connectivity index (χ0n) is 14.4. The van der Waals surface area contributed by atoms with Gasteiger partial charge in [-0.05, 0) is 70.2 Å². The summed E-state index contributed by atoms with van der Waals surface area (Å²) < 4.78 is 6.43. The summed E-state index contributed by atoms with van der Waals surface area (Å²) in [6, 6.07) is 6.71. The summed E-state index contributed by atoms with van der Waals surface area (Å²) in [5.74, 6) is 0.437. The van der Waals surface area contributed by atoms with E-state index in [9.17, 15) is 4.79 Å². The minimum atomic E-state index is -0.452. The lowest BCUT2D eigenvalue weighted by atomic mass is 10.0. The van der Waals surface area contributed by atoms with Crippen molar-refractivity contribution in [2.45, 2.75) is 58.6 Å². The van der Waals surface area contributed by atoms with Crippen molar-refractivity contribution in [3.8, 4) is 0 Å². The minimum absolute atomic E-state index is 0.331.